The third kappa shape index (κ3) is 2.40. The molecule has 0 unspecified atom stereocenters. The normalized spacial score (nSPS) is 9.68. The first-order valence-electron chi connectivity index (χ1n) is 5.56. The van der Waals surface area contributed by atoms with Crippen molar-refractivity contribution in [2.24, 2.45) is 0 Å². The van der Waals surface area contributed by atoms with Crippen LogP contribution in [0.2, 0.25) is 0 Å². The Morgan fingerprint density at radius 3 is 2.74 bits per heavy atom. The molecule has 0 fully saturated rings. The molecule has 0 bridgehead atoms. The van der Waals surface area contributed by atoms with Gasteiger partial charge < -0.3 is 9.84 Å². The summed E-state index contributed by atoms with van der Waals surface area (Å²) >= 11 is 0. The molecule has 2 rings (SSSR count). The number of phenolic OH excluding ortho intramolecular Hbond substituents is 1. The zero-order valence-electron chi connectivity index (χ0n) is 10.3. The quantitative estimate of drug-likeness (QED) is 0.854. The van der Waals surface area contributed by atoms with Crippen molar-refractivity contribution in [1.82, 2.24) is 0 Å². The van der Waals surface area contributed by atoms with Gasteiger partial charge in [-0.05, 0) is 35.4 Å². The predicted molar refractivity (Wildman–Crippen MR) is 70.2 cm³/mol. The Morgan fingerprint density at radius 1 is 1.32 bits per heavy atom. The maximum Gasteiger partial charge on any atom is 0.161 e. The van der Waals surface area contributed by atoms with Gasteiger partial charge in [-0.1, -0.05) is 12.1 Å². The molecule has 0 atom stereocenters. The van der Waals surface area contributed by atoms with Crippen LogP contribution in [-0.4, -0.2) is 18.5 Å². The molecule has 19 heavy (non-hydrogen) atoms. The highest BCUT2D eigenvalue weighted by Crippen LogP contribution is 2.34. The summed E-state index contributed by atoms with van der Waals surface area (Å²) in [5.74, 6) is 0.188. The van der Waals surface area contributed by atoms with Gasteiger partial charge in [0.25, 0.3) is 0 Å². The Morgan fingerprint density at radius 2 is 2.11 bits per heavy atom. The molecule has 4 heteroatoms. The molecule has 0 heterocycles. The number of ether oxygens (including phenoxy) is 1. The van der Waals surface area contributed by atoms with E-state index in [9.17, 15) is 9.90 Å². The van der Waals surface area contributed by atoms with Crippen LogP contribution < -0.4 is 4.74 Å². The highest BCUT2D eigenvalue weighted by atomic mass is 16.5. The Labute approximate surface area is 110 Å². The van der Waals surface area contributed by atoms with Crippen LogP contribution in [0.4, 0.5) is 0 Å². The van der Waals surface area contributed by atoms with E-state index in [1.165, 1.54) is 19.2 Å². The van der Waals surface area contributed by atoms with Crippen LogP contribution in [0.3, 0.4) is 0 Å². The molecule has 0 aliphatic heterocycles. The van der Waals surface area contributed by atoms with Crippen molar-refractivity contribution in [2.45, 2.75) is 0 Å². The number of nitrogens with zero attached hydrogens (tertiary/aromatic N) is 1. The summed E-state index contributed by atoms with van der Waals surface area (Å²) < 4.78 is 4.96. The largest absolute Gasteiger partial charge is 0.504 e. The van der Waals surface area contributed by atoms with E-state index in [0.717, 1.165) is 0 Å². The maximum atomic E-state index is 11.1. The highest BCUT2D eigenvalue weighted by molar-refractivity contribution is 5.89. The van der Waals surface area contributed by atoms with Gasteiger partial charge in [-0.3, -0.25) is 4.79 Å². The van der Waals surface area contributed by atoms with Gasteiger partial charge in [0.2, 0.25) is 0 Å². The summed E-state index contributed by atoms with van der Waals surface area (Å²) in [4.78, 5) is 11.1. The van der Waals surface area contributed by atoms with E-state index in [4.69, 9.17) is 10.00 Å². The van der Waals surface area contributed by atoms with Crippen LogP contribution >= 0.6 is 0 Å². The van der Waals surface area contributed by atoms with Crippen LogP contribution in [0.1, 0.15) is 15.9 Å². The molecule has 0 aliphatic carbocycles. The SMILES string of the molecule is COc1cc(C=O)c(-c2cccc(C#N)c2)cc1O. The number of hydrogen-bond acceptors (Lipinski definition) is 4. The monoisotopic (exact) mass is 253 g/mol. The maximum absolute atomic E-state index is 11.1. The molecule has 0 saturated heterocycles. The van der Waals surface area contributed by atoms with Crippen molar-refractivity contribution in [3.05, 3.63) is 47.5 Å². The van der Waals surface area contributed by atoms with E-state index in [-0.39, 0.29) is 11.5 Å². The third-order valence-corrected chi connectivity index (χ3v) is 2.78. The fourth-order valence-corrected chi connectivity index (χ4v) is 1.85. The number of aldehydes is 1. The first kappa shape index (κ1) is 12.7. The fraction of sp³-hybridized carbons (Fsp3) is 0.0667. The van der Waals surface area contributed by atoms with E-state index < -0.39 is 0 Å². The van der Waals surface area contributed by atoms with Crippen LogP contribution in [0.25, 0.3) is 11.1 Å². The number of methoxy groups -OCH3 is 1. The molecule has 4 nitrogen and oxygen atoms in total. The van der Waals surface area contributed by atoms with E-state index in [2.05, 4.69) is 0 Å². The Bertz CT molecular complexity index is 672. The number of carbonyl (C=O) groups is 1. The molecule has 0 aliphatic rings. The van der Waals surface area contributed by atoms with Gasteiger partial charge in [-0.25, -0.2) is 0 Å². The lowest BCUT2D eigenvalue weighted by molar-refractivity contribution is 0.112. The summed E-state index contributed by atoms with van der Waals surface area (Å²) in [6.45, 7) is 0. The van der Waals surface area contributed by atoms with Crippen molar-refractivity contribution in [3.63, 3.8) is 0 Å². The second kappa shape index (κ2) is 5.23. The predicted octanol–water partition coefficient (Wildman–Crippen LogP) is 2.75. The average Bonchev–Trinajstić information content (AvgIpc) is 2.47. The van der Waals surface area contributed by atoms with Crippen LogP contribution in [0.5, 0.6) is 11.5 Å². The van der Waals surface area contributed by atoms with Crippen LogP contribution in [0.15, 0.2) is 36.4 Å². The van der Waals surface area contributed by atoms with E-state index in [1.807, 2.05) is 6.07 Å². The summed E-state index contributed by atoms with van der Waals surface area (Å²) in [7, 11) is 1.42. The zero-order chi connectivity index (χ0) is 13.8. The average molecular weight is 253 g/mol. The smallest absolute Gasteiger partial charge is 0.161 e. The van der Waals surface area contributed by atoms with Gasteiger partial charge >= 0.3 is 0 Å². The third-order valence-electron chi connectivity index (χ3n) is 2.78. The Hall–Kier alpha value is -2.80. The van der Waals surface area contributed by atoms with Crippen molar-refractivity contribution in [2.75, 3.05) is 7.11 Å². The summed E-state index contributed by atoms with van der Waals surface area (Å²) in [5.41, 5.74) is 2.14. The minimum absolute atomic E-state index is 0.0505. The van der Waals surface area contributed by atoms with E-state index in [1.54, 1.807) is 24.3 Å². The molecular weight excluding hydrogens is 242 g/mol. The molecule has 1 N–H and O–H groups in total. The molecular formula is C15H11NO3. The molecule has 2 aromatic rings. The lowest BCUT2D eigenvalue weighted by atomic mass is 9.98. The Balaban J connectivity index is 2.64. The van der Waals surface area contributed by atoms with Gasteiger partial charge in [0.15, 0.2) is 17.8 Å². The second-order valence-electron chi connectivity index (χ2n) is 3.92. The molecule has 2 aromatic carbocycles. The number of benzene rings is 2. The van der Waals surface area contributed by atoms with Crippen molar-refractivity contribution in [3.8, 4) is 28.7 Å². The number of carbonyl (C=O) groups excluding carboxylic acids is 1. The molecule has 0 aromatic heterocycles. The van der Waals surface area contributed by atoms with Crippen molar-refractivity contribution < 1.29 is 14.6 Å². The fourth-order valence-electron chi connectivity index (χ4n) is 1.85. The van der Waals surface area contributed by atoms with Crippen LogP contribution in [-0.2, 0) is 0 Å². The summed E-state index contributed by atoms with van der Waals surface area (Å²) in [6.07, 6.45) is 0.691. The molecule has 94 valence electrons. The standard InChI is InChI=1S/C15H11NO3/c1-19-15-6-12(9-17)13(7-14(15)18)11-4-2-3-10(5-11)8-16/h2-7,9,18H,1H3. The first-order chi connectivity index (χ1) is 9.19. The number of rotatable bonds is 3. The number of hydrogen-bond donors (Lipinski definition) is 1. The Kier molecular flexibility index (Phi) is 3.48. The minimum atomic E-state index is -0.0505. The minimum Gasteiger partial charge on any atom is -0.504 e. The molecule has 0 spiro atoms. The van der Waals surface area contributed by atoms with Gasteiger partial charge in [-0.2, -0.15) is 5.26 Å². The summed E-state index contributed by atoms with van der Waals surface area (Å²) in [5, 5.41) is 18.7. The van der Waals surface area contributed by atoms with Gasteiger partial charge in [0, 0.05) is 5.56 Å². The number of phenols is 1. The summed E-state index contributed by atoms with van der Waals surface area (Å²) in [6, 6.07) is 11.8. The number of nitriles is 1. The number of aromatic hydroxyl groups is 1. The van der Waals surface area contributed by atoms with Gasteiger partial charge in [0.1, 0.15) is 0 Å². The second-order valence-corrected chi connectivity index (χ2v) is 3.92. The molecule has 0 saturated carbocycles. The topological polar surface area (TPSA) is 70.3 Å². The van der Waals surface area contributed by atoms with Crippen molar-refractivity contribution >= 4 is 6.29 Å². The van der Waals surface area contributed by atoms with Crippen molar-refractivity contribution in [1.29, 1.82) is 5.26 Å². The van der Waals surface area contributed by atoms with Crippen LogP contribution in [0, 0.1) is 11.3 Å². The molecule has 0 amide bonds. The molecule has 0 radical (unpaired) electrons. The van der Waals surface area contributed by atoms with Gasteiger partial charge in [-0.15, -0.1) is 0 Å². The lowest BCUT2D eigenvalue weighted by Gasteiger charge is -2.10. The zero-order valence-corrected chi connectivity index (χ0v) is 10.3. The van der Waals surface area contributed by atoms with E-state index >= 15 is 0 Å². The van der Waals surface area contributed by atoms with E-state index in [0.29, 0.717) is 28.5 Å². The lowest BCUT2D eigenvalue weighted by Crippen LogP contribution is -1.92. The highest BCUT2D eigenvalue weighted by Gasteiger charge is 2.11. The van der Waals surface area contributed by atoms with Gasteiger partial charge in [0.05, 0.1) is 18.7 Å². The first-order valence-corrected chi connectivity index (χ1v) is 5.56.